The van der Waals surface area contributed by atoms with E-state index in [1.165, 1.54) is 5.56 Å². The van der Waals surface area contributed by atoms with E-state index in [4.69, 9.17) is 14.5 Å². The molecule has 1 aromatic carbocycles. The van der Waals surface area contributed by atoms with Crippen LogP contribution in [0.25, 0.3) is 33.7 Å². The summed E-state index contributed by atoms with van der Waals surface area (Å²) in [5.41, 5.74) is 8.73. The van der Waals surface area contributed by atoms with Gasteiger partial charge in [-0.3, -0.25) is 9.48 Å². The molecule has 6 rings (SSSR count). The highest BCUT2D eigenvalue weighted by Crippen LogP contribution is 2.36. The number of amides is 1. The number of carbonyl (C=O) groups excluding carboxylic acids is 1. The summed E-state index contributed by atoms with van der Waals surface area (Å²) in [5.74, 6) is 0.884. The Hall–Kier alpha value is -4.34. The second kappa shape index (κ2) is 10.5. The average molecular weight is 567 g/mol. The maximum Gasteiger partial charge on any atom is 0.309 e. The largest absolute Gasteiger partial charge is 0.416 e. The summed E-state index contributed by atoms with van der Waals surface area (Å²) < 4.78 is 7.73. The smallest absolute Gasteiger partial charge is 0.309 e. The van der Waals surface area contributed by atoms with Crippen molar-refractivity contribution in [1.82, 2.24) is 40.2 Å². The fourth-order valence-electron chi connectivity index (χ4n) is 5.91. The van der Waals surface area contributed by atoms with Gasteiger partial charge in [-0.15, -0.1) is 10.2 Å². The highest BCUT2D eigenvalue weighted by atomic mass is 16.4. The van der Waals surface area contributed by atoms with Crippen molar-refractivity contribution in [2.24, 2.45) is 0 Å². The van der Waals surface area contributed by atoms with Crippen LogP contribution in [0.2, 0.25) is 0 Å². The molecule has 5 aromatic rings. The maximum absolute atomic E-state index is 13.1. The fourth-order valence-corrected chi connectivity index (χ4v) is 5.91. The van der Waals surface area contributed by atoms with E-state index in [0.29, 0.717) is 5.89 Å². The van der Waals surface area contributed by atoms with E-state index in [1.54, 1.807) is 0 Å². The summed E-state index contributed by atoms with van der Waals surface area (Å²) in [4.78, 5) is 26.2. The van der Waals surface area contributed by atoms with Gasteiger partial charge < -0.3 is 14.7 Å². The lowest BCUT2D eigenvalue weighted by atomic mass is 9.94. The summed E-state index contributed by atoms with van der Waals surface area (Å²) >= 11 is 0. The van der Waals surface area contributed by atoms with E-state index in [9.17, 15) is 4.79 Å². The van der Waals surface area contributed by atoms with Gasteiger partial charge in [-0.1, -0.05) is 45.4 Å². The third-order valence-corrected chi connectivity index (χ3v) is 8.02. The van der Waals surface area contributed by atoms with E-state index < -0.39 is 0 Å². The van der Waals surface area contributed by atoms with Gasteiger partial charge in [-0.2, -0.15) is 5.10 Å². The Morgan fingerprint density at radius 2 is 1.95 bits per heavy atom. The molecule has 0 fully saturated rings. The normalized spacial score (nSPS) is 15.7. The molecule has 1 unspecified atom stereocenters. The summed E-state index contributed by atoms with van der Waals surface area (Å²) in [6.07, 6.45) is 5.67. The van der Waals surface area contributed by atoms with Gasteiger partial charge in [0, 0.05) is 28.9 Å². The van der Waals surface area contributed by atoms with Crippen molar-refractivity contribution >= 4 is 17.1 Å². The number of pyridine rings is 1. The molecular formula is C32H38N8O2. The van der Waals surface area contributed by atoms with Crippen molar-refractivity contribution in [3.05, 3.63) is 64.8 Å². The Labute approximate surface area is 245 Å². The van der Waals surface area contributed by atoms with Crippen LogP contribution in [-0.2, 0) is 11.8 Å². The first kappa shape index (κ1) is 27.8. The third-order valence-electron chi connectivity index (χ3n) is 8.02. The Morgan fingerprint density at radius 3 is 2.67 bits per heavy atom. The summed E-state index contributed by atoms with van der Waals surface area (Å²) in [7, 11) is 0. The van der Waals surface area contributed by atoms with E-state index in [0.717, 1.165) is 76.3 Å². The predicted octanol–water partition coefficient (Wildman–Crippen LogP) is 6.56. The maximum atomic E-state index is 13.1. The van der Waals surface area contributed by atoms with E-state index in [2.05, 4.69) is 64.5 Å². The first-order chi connectivity index (χ1) is 20.0. The van der Waals surface area contributed by atoms with E-state index in [1.807, 2.05) is 44.6 Å². The van der Waals surface area contributed by atoms with Crippen molar-refractivity contribution in [3.63, 3.8) is 0 Å². The monoisotopic (exact) mass is 566 g/mol. The molecule has 4 heterocycles. The second-order valence-corrected chi connectivity index (χ2v) is 12.6. The number of hydrogen-bond donors (Lipinski definition) is 2. The van der Waals surface area contributed by atoms with Crippen LogP contribution < -0.4 is 5.32 Å². The Bertz CT molecular complexity index is 1790. The molecule has 0 saturated carbocycles. The molecule has 1 aliphatic carbocycles. The van der Waals surface area contributed by atoms with Crippen LogP contribution in [0.15, 0.2) is 34.9 Å². The highest BCUT2D eigenvalue weighted by molar-refractivity contribution is 5.92. The number of rotatable bonds is 5. The molecule has 0 aliphatic heterocycles. The van der Waals surface area contributed by atoms with Gasteiger partial charge in [0.05, 0.1) is 17.3 Å². The number of aromatic nitrogens is 7. The number of fused-ring (bicyclic) bond motifs is 2. The van der Waals surface area contributed by atoms with E-state index in [-0.39, 0.29) is 29.3 Å². The molecule has 1 aliphatic rings. The number of carbonyl (C=O) groups is 1. The minimum atomic E-state index is -0.341. The molecule has 10 heteroatoms. The summed E-state index contributed by atoms with van der Waals surface area (Å²) in [6.45, 7) is 14.3. The highest BCUT2D eigenvalue weighted by Gasteiger charge is 2.27. The lowest BCUT2D eigenvalue weighted by molar-refractivity contribution is 0.0896. The predicted molar refractivity (Wildman–Crippen MR) is 161 cm³/mol. The Morgan fingerprint density at radius 1 is 1.14 bits per heavy atom. The van der Waals surface area contributed by atoms with Crippen molar-refractivity contribution in [2.45, 2.75) is 91.6 Å². The number of nitrogens with one attached hydrogen (secondary N) is 2. The van der Waals surface area contributed by atoms with Gasteiger partial charge in [0.2, 0.25) is 5.89 Å². The minimum absolute atomic E-state index is 0.000247. The van der Waals surface area contributed by atoms with Gasteiger partial charge >= 0.3 is 11.8 Å². The average Bonchev–Trinajstić information content (AvgIpc) is 3.64. The molecule has 10 nitrogen and oxygen atoms in total. The van der Waals surface area contributed by atoms with Crippen molar-refractivity contribution < 1.29 is 9.21 Å². The van der Waals surface area contributed by atoms with Crippen LogP contribution in [-0.4, -0.2) is 40.8 Å². The minimum Gasteiger partial charge on any atom is -0.416 e. The number of aryl methyl sites for hydroxylation is 2. The van der Waals surface area contributed by atoms with Crippen LogP contribution in [0.5, 0.6) is 0 Å². The molecule has 4 aromatic heterocycles. The second-order valence-electron chi connectivity index (χ2n) is 12.6. The standard InChI is InChI=1S/C32H38N8O2/c1-17(2)40-19(4)25(18(3)39-40)27-35-26-23(14-15-33-28(26)36-27)21-12-13-22-20(16-21)10-8-9-11-24(22)34-29(41)30-37-38-31(42-30)32(5,6)7/h12-17,24H,8-11H2,1-7H3,(H,34,41)(H,33,35,36). The molecule has 0 saturated heterocycles. The number of hydrogen-bond acceptors (Lipinski definition) is 7. The number of aromatic amines is 1. The summed E-state index contributed by atoms with van der Waals surface area (Å²) in [6, 6.07) is 8.63. The van der Waals surface area contributed by atoms with Crippen LogP contribution in [0.1, 0.15) is 105 Å². The molecule has 1 atom stereocenters. The SMILES string of the molecule is Cc1nn(C(C)C)c(C)c1-c1nc2c(-c3ccc4c(c3)CCCCC4NC(=O)c3nnc(C(C)(C)C)o3)ccnc2[nH]1. The molecular weight excluding hydrogens is 528 g/mol. The van der Waals surface area contributed by atoms with Crippen LogP contribution in [0, 0.1) is 13.8 Å². The molecule has 42 heavy (non-hydrogen) atoms. The first-order valence-corrected chi connectivity index (χ1v) is 14.7. The zero-order valence-electron chi connectivity index (χ0n) is 25.4. The number of imidazole rings is 1. The lowest BCUT2D eigenvalue weighted by Crippen LogP contribution is -2.29. The number of benzene rings is 1. The molecule has 2 N–H and O–H groups in total. The fraction of sp³-hybridized carbons (Fsp3) is 0.438. The zero-order valence-corrected chi connectivity index (χ0v) is 25.4. The van der Waals surface area contributed by atoms with Gasteiger partial charge in [-0.25, -0.2) is 9.97 Å². The number of nitrogens with zero attached hydrogens (tertiary/aromatic N) is 6. The zero-order chi connectivity index (χ0) is 29.8. The molecule has 0 radical (unpaired) electrons. The van der Waals surface area contributed by atoms with Crippen molar-refractivity contribution in [2.75, 3.05) is 0 Å². The lowest BCUT2D eigenvalue weighted by Gasteiger charge is -2.19. The topological polar surface area (TPSA) is 127 Å². The van der Waals surface area contributed by atoms with E-state index >= 15 is 0 Å². The van der Waals surface area contributed by atoms with Crippen molar-refractivity contribution in [3.8, 4) is 22.5 Å². The van der Waals surface area contributed by atoms with Crippen LogP contribution in [0.4, 0.5) is 0 Å². The number of H-pyrrole nitrogens is 1. The van der Waals surface area contributed by atoms with Gasteiger partial charge in [0.15, 0.2) is 5.65 Å². The third kappa shape index (κ3) is 4.99. The summed E-state index contributed by atoms with van der Waals surface area (Å²) in [5, 5.41) is 16.0. The Balaban J connectivity index is 1.32. The molecule has 1 amide bonds. The van der Waals surface area contributed by atoms with Gasteiger partial charge in [-0.05, 0) is 69.7 Å². The molecule has 0 bridgehead atoms. The van der Waals surface area contributed by atoms with Gasteiger partial charge in [0.25, 0.3) is 0 Å². The molecule has 218 valence electrons. The Kier molecular flexibility index (Phi) is 6.95. The molecule has 0 spiro atoms. The van der Waals surface area contributed by atoms with Crippen molar-refractivity contribution in [1.29, 1.82) is 0 Å². The first-order valence-electron chi connectivity index (χ1n) is 14.7. The van der Waals surface area contributed by atoms with Crippen LogP contribution >= 0.6 is 0 Å². The van der Waals surface area contributed by atoms with Crippen LogP contribution in [0.3, 0.4) is 0 Å². The van der Waals surface area contributed by atoms with Gasteiger partial charge in [0.1, 0.15) is 11.3 Å². The quantitative estimate of drug-likeness (QED) is 0.231.